The molecule has 2 aliphatic rings. The van der Waals surface area contributed by atoms with E-state index in [1.807, 2.05) is 0 Å². The lowest BCUT2D eigenvalue weighted by Gasteiger charge is -2.26. The minimum absolute atomic E-state index is 0.291. The summed E-state index contributed by atoms with van der Waals surface area (Å²) < 4.78 is 0. The number of Topliss-reactive ketones (excluding diaryl/α,β-unsaturated/α-hetero) is 1. The lowest BCUT2D eigenvalue weighted by Crippen LogP contribution is -2.28. The van der Waals surface area contributed by atoms with E-state index < -0.39 is 0 Å². The van der Waals surface area contributed by atoms with Gasteiger partial charge in [-0.15, -0.1) is 0 Å². The van der Waals surface area contributed by atoms with Crippen LogP contribution in [0.4, 0.5) is 0 Å². The Morgan fingerprint density at radius 3 is 2.75 bits per heavy atom. The Hall–Kier alpha value is -0.590. The third-order valence-electron chi connectivity index (χ3n) is 4.18. The van der Waals surface area contributed by atoms with Crippen LogP contribution in [0.3, 0.4) is 0 Å². The zero-order valence-corrected chi connectivity index (χ0v) is 10.5. The fourth-order valence-corrected chi connectivity index (χ4v) is 3.20. The average Bonchev–Trinajstić information content (AvgIpc) is 2.69. The third-order valence-corrected chi connectivity index (χ3v) is 4.18. The number of hydrogen-bond donors (Lipinski definition) is 0. The zero-order valence-electron chi connectivity index (χ0n) is 10.5. The van der Waals surface area contributed by atoms with Crippen molar-refractivity contribution in [3.8, 4) is 0 Å². The fourth-order valence-electron chi connectivity index (χ4n) is 3.20. The van der Waals surface area contributed by atoms with E-state index >= 15 is 0 Å². The molecule has 0 amide bonds. The maximum atomic E-state index is 12.1. The molecule has 3 atom stereocenters. The minimum Gasteiger partial charge on any atom is -0.299 e. The van der Waals surface area contributed by atoms with Gasteiger partial charge in [-0.25, -0.2) is 0 Å². The van der Waals surface area contributed by atoms with Crippen molar-refractivity contribution < 1.29 is 4.79 Å². The van der Waals surface area contributed by atoms with Crippen LogP contribution in [0.5, 0.6) is 0 Å². The SMILES string of the molecule is CCCCCCCC1CC2C=CC(C2)C1=O. The smallest absolute Gasteiger partial charge is 0.142 e. The van der Waals surface area contributed by atoms with Gasteiger partial charge in [0.25, 0.3) is 0 Å². The van der Waals surface area contributed by atoms with Crippen molar-refractivity contribution in [3.05, 3.63) is 12.2 Å². The Balaban J connectivity index is 1.68. The molecule has 2 rings (SSSR count). The molecule has 16 heavy (non-hydrogen) atoms. The first-order valence-corrected chi connectivity index (χ1v) is 7.03. The molecule has 0 aromatic carbocycles. The summed E-state index contributed by atoms with van der Waals surface area (Å²) in [6.07, 6.45) is 14.4. The predicted octanol–water partition coefficient (Wildman–Crippen LogP) is 4.13. The molecule has 0 N–H and O–H groups in total. The van der Waals surface area contributed by atoms with Gasteiger partial charge in [0.2, 0.25) is 0 Å². The predicted molar refractivity (Wildman–Crippen MR) is 67.2 cm³/mol. The van der Waals surface area contributed by atoms with Crippen molar-refractivity contribution in [2.45, 2.75) is 58.3 Å². The van der Waals surface area contributed by atoms with Crippen LogP contribution in [0.2, 0.25) is 0 Å². The quantitative estimate of drug-likeness (QED) is 0.486. The van der Waals surface area contributed by atoms with Gasteiger partial charge >= 0.3 is 0 Å². The summed E-state index contributed by atoms with van der Waals surface area (Å²) >= 11 is 0. The number of hydrogen-bond acceptors (Lipinski definition) is 1. The van der Waals surface area contributed by atoms with Gasteiger partial charge in [0, 0.05) is 11.8 Å². The summed E-state index contributed by atoms with van der Waals surface area (Å²) in [6, 6.07) is 0. The van der Waals surface area contributed by atoms with Gasteiger partial charge in [-0.05, 0) is 25.2 Å². The van der Waals surface area contributed by atoms with Crippen LogP contribution in [0.25, 0.3) is 0 Å². The average molecular weight is 220 g/mol. The molecule has 0 heterocycles. The molecular formula is C15H24O. The minimum atomic E-state index is 0.291. The molecule has 1 nitrogen and oxygen atoms in total. The highest BCUT2D eigenvalue weighted by atomic mass is 16.1. The lowest BCUT2D eigenvalue weighted by atomic mass is 9.77. The summed E-state index contributed by atoms with van der Waals surface area (Å²) in [5, 5.41) is 0. The van der Waals surface area contributed by atoms with Crippen molar-refractivity contribution in [2.24, 2.45) is 17.8 Å². The van der Waals surface area contributed by atoms with E-state index in [1.54, 1.807) is 0 Å². The maximum absolute atomic E-state index is 12.1. The molecule has 0 aliphatic heterocycles. The molecule has 1 heteroatoms. The second-order valence-electron chi connectivity index (χ2n) is 5.53. The van der Waals surface area contributed by atoms with Crippen LogP contribution in [-0.2, 0) is 4.79 Å². The van der Waals surface area contributed by atoms with E-state index in [0.29, 0.717) is 17.6 Å². The standard InChI is InChI=1S/C15H24O/c1-2-3-4-5-6-7-13-10-12-8-9-14(11-12)15(13)16/h8-9,12-14H,2-7,10-11H2,1H3. The van der Waals surface area contributed by atoms with Crippen LogP contribution < -0.4 is 0 Å². The molecule has 0 radical (unpaired) electrons. The third kappa shape index (κ3) is 2.75. The maximum Gasteiger partial charge on any atom is 0.142 e. The van der Waals surface area contributed by atoms with E-state index in [2.05, 4.69) is 19.1 Å². The van der Waals surface area contributed by atoms with E-state index in [-0.39, 0.29) is 0 Å². The number of carbonyl (C=O) groups is 1. The van der Waals surface area contributed by atoms with Gasteiger partial charge < -0.3 is 0 Å². The highest BCUT2D eigenvalue weighted by Crippen LogP contribution is 2.39. The van der Waals surface area contributed by atoms with Crippen molar-refractivity contribution >= 4 is 5.78 Å². The molecule has 90 valence electrons. The first kappa shape index (κ1) is 11.9. The highest BCUT2D eigenvalue weighted by Gasteiger charge is 2.36. The summed E-state index contributed by atoms with van der Waals surface area (Å²) in [4.78, 5) is 12.1. The topological polar surface area (TPSA) is 17.1 Å². The van der Waals surface area contributed by atoms with Crippen molar-refractivity contribution in [1.82, 2.24) is 0 Å². The van der Waals surface area contributed by atoms with Crippen LogP contribution in [0.15, 0.2) is 12.2 Å². The van der Waals surface area contributed by atoms with Crippen molar-refractivity contribution in [2.75, 3.05) is 0 Å². The van der Waals surface area contributed by atoms with Gasteiger partial charge in [0.1, 0.15) is 5.78 Å². The second-order valence-corrected chi connectivity index (χ2v) is 5.53. The Labute approximate surface area is 99.3 Å². The molecule has 0 aromatic heterocycles. The molecule has 1 fully saturated rings. The van der Waals surface area contributed by atoms with E-state index in [0.717, 1.165) is 25.2 Å². The number of fused-ring (bicyclic) bond motifs is 2. The number of ketones is 1. The Kier molecular flexibility index (Phi) is 4.20. The van der Waals surface area contributed by atoms with E-state index in [1.165, 1.54) is 32.1 Å². The number of allylic oxidation sites excluding steroid dienone is 2. The second kappa shape index (κ2) is 5.65. The molecule has 0 spiro atoms. The van der Waals surface area contributed by atoms with Crippen LogP contribution >= 0.6 is 0 Å². The summed E-state index contributed by atoms with van der Waals surface area (Å²) in [7, 11) is 0. The van der Waals surface area contributed by atoms with Gasteiger partial charge in [0.05, 0.1) is 0 Å². The van der Waals surface area contributed by atoms with Gasteiger partial charge in [-0.1, -0.05) is 51.2 Å². The molecule has 2 aliphatic carbocycles. The monoisotopic (exact) mass is 220 g/mol. The molecular weight excluding hydrogens is 196 g/mol. The number of carbonyl (C=O) groups excluding carboxylic acids is 1. The Bertz CT molecular complexity index is 267. The molecule has 3 unspecified atom stereocenters. The van der Waals surface area contributed by atoms with Gasteiger partial charge in [-0.2, -0.15) is 0 Å². The normalized spacial score (nSPS) is 32.3. The molecule has 1 saturated carbocycles. The van der Waals surface area contributed by atoms with E-state index in [9.17, 15) is 4.79 Å². The molecule has 0 aromatic rings. The number of unbranched alkanes of at least 4 members (excludes halogenated alkanes) is 4. The Morgan fingerprint density at radius 2 is 1.94 bits per heavy atom. The van der Waals surface area contributed by atoms with Crippen LogP contribution in [0, 0.1) is 17.8 Å². The van der Waals surface area contributed by atoms with E-state index in [4.69, 9.17) is 0 Å². The highest BCUT2D eigenvalue weighted by molar-refractivity contribution is 5.86. The number of rotatable bonds is 6. The van der Waals surface area contributed by atoms with Crippen LogP contribution in [0.1, 0.15) is 58.3 Å². The first-order valence-electron chi connectivity index (χ1n) is 7.03. The lowest BCUT2D eigenvalue weighted by molar-refractivity contribution is -0.128. The van der Waals surface area contributed by atoms with Gasteiger partial charge in [0.15, 0.2) is 0 Å². The summed E-state index contributed by atoms with van der Waals surface area (Å²) in [5.74, 6) is 1.95. The summed E-state index contributed by atoms with van der Waals surface area (Å²) in [6.45, 7) is 2.24. The Morgan fingerprint density at radius 1 is 1.12 bits per heavy atom. The fraction of sp³-hybridized carbons (Fsp3) is 0.800. The zero-order chi connectivity index (χ0) is 11.4. The first-order chi connectivity index (χ1) is 7.81. The van der Waals surface area contributed by atoms with Crippen molar-refractivity contribution in [3.63, 3.8) is 0 Å². The van der Waals surface area contributed by atoms with Crippen molar-refractivity contribution in [1.29, 1.82) is 0 Å². The molecule has 0 saturated heterocycles. The summed E-state index contributed by atoms with van der Waals surface area (Å²) in [5.41, 5.74) is 0. The van der Waals surface area contributed by atoms with Gasteiger partial charge in [-0.3, -0.25) is 4.79 Å². The molecule has 2 bridgehead atoms. The largest absolute Gasteiger partial charge is 0.299 e. The van der Waals surface area contributed by atoms with Crippen LogP contribution in [-0.4, -0.2) is 5.78 Å².